The Hall–Kier alpha value is -2.77. The molecule has 0 saturated carbocycles. The summed E-state index contributed by atoms with van der Waals surface area (Å²) in [5, 5.41) is 31.4. The maximum atomic E-state index is 11.6. The molecule has 0 saturated heterocycles. The zero-order valence-corrected chi connectivity index (χ0v) is 12.9. The molecule has 1 N–H and O–H groups in total. The Bertz CT molecular complexity index is 666. The predicted molar refractivity (Wildman–Crippen MR) is 84.1 cm³/mol. The number of hydrogen-bond acceptors (Lipinski definition) is 5. The van der Waals surface area contributed by atoms with Crippen LogP contribution >= 0.6 is 0 Å². The highest BCUT2D eigenvalue weighted by Gasteiger charge is 2.26. The summed E-state index contributed by atoms with van der Waals surface area (Å²) in [6.07, 6.45) is 3.17. The fraction of sp³-hybridized carbons (Fsp3) is 0.400. The molecule has 0 heterocycles. The standard InChI is InChI=1S/C15H18N2O6/c1-3-4-5-6-10(2)14(15(18)19)12-8-7-11(16(20)21)9-13(12)17(22)23/h7-9H,3-6H2,1-2H3,(H,18,19)/b14-10+. The molecule has 1 aromatic rings. The van der Waals surface area contributed by atoms with Crippen LogP contribution < -0.4 is 0 Å². The first-order valence-corrected chi connectivity index (χ1v) is 7.15. The van der Waals surface area contributed by atoms with Gasteiger partial charge in [0.2, 0.25) is 0 Å². The van der Waals surface area contributed by atoms with Crippen molar-refractivity contribution < 1.29 is 19.7 Å². The SMILES string of the molecule is CCCCC/C(C)=C(/C(=O)O)c1ccc([N+](=O)[O-])cc1[N+](=O)[O-]. The zero-order chi connectivity index (χ0) is 17.6. The summed E-state index contributed by atoms with van der Waals surface area (Å²) in [5.41, 5.74) is -0.784. The van der Waals surface area contributed by atoms with E-state index in [2.05, 4.69) is 0 Å². The van der Waals surface area contributed by atoms with Gasteiger partial charge in [-0.15, -0.1) is 0 Å². The van der Waals surface area contributed by atoms with Crippen LogP contribution in [0.15, 0.2) is 23.8 Å². The lowest BCUT2D eigenvalue weighted by molar-refractivity contribution is -0.394. The number of rotatable bonds is 8. The molecule has 0 unspecified atom stereocenters. The quantitative estimate of drug-likeness (QED) is 0.334. The van der Waals surface area contributed by atoms with Crippen molar-refractivity contribution in [3.63, 3.8) is 0 Å². The maximum absolute atomic E-state index is 11.6. The molecule has 8 nitrogen and oxygen atoms in total. The number of carboxylic acids is 1. The van der Waals surface area contributed by atoms with E-state index in [0.29, 0.717) is 12.0 Å². The summed E-state index contributed by atoms with van der Waals surface area (Å²) in [6, 6.07) is 2.99. The number of nitro groups is 2. The highest BCUT2D eigenvalue weighted by molar-refractivity contribution is 6.17. The van der Waals surface area contributed by atoms with Gasteiger partial charge in [0, 0.05) is 6.07 Å². The molecule has 0 aliphatic carbocycles. The summed E-state index contributed by atoms with van der Waals surface area (Å²) in [6.45, 7) is 3.63. The predicted octanol–water partition coefficient (Wildman–Crippen LogP) is 3.94. The lowest BCUT2D eigenvalue weighted by atomic mass is 9.95. The van der Waals surface area contributed by atoms with Gasteiger partial charge >= 0.3 is 5.97 Å². The van der Waals surface area contributed by atoms with Gasteiger partial charge in [0.25, 0.3) is 11.4 Å². The smallest absolute Gasteiger partial charge is 0.336 e. The van der Waals surface area contributed by atoms with E-state index in [1.165, 1.54) is 0 Å². The van der Waals surface area contributed by atoms with Crippen LogP contribution in [0.25, 0.3) is 5.57 Å². The first kappa shape index (κ1) is 18.3. The van der Waals surface area contributed by atoms with E-state index >= 15 is 0 Å². The first-order chi connectivity index (χ1) is 10.8. The third kappa shape index (κ3) is 4.60. The van der Waals surface area contributed by atoms with Crippen LogP contribution in [0.2, 0.25) is 0 Å². The Labute approximate surface area is 132 Å². The lowest BCUT2D eigenvalue weighted by Gasteiger charge is -2.09. The third-order valence-electron chi connectivity index (χ3n) is 3.45. The van der Waals surface area contributed by atoms with E-state index in [4.69, 9.17) is 0 Å². The summed E-state index contributed by atoms with van der Waals surface area (Å²) >= 11 is 0. The fourth-order valence-corrected chi connectivity index (χ4v) is 2.29. The fourth-order valence-electron chi connectivity index (χ4n) is 2.29. The van der Waals surface area contributed by atoms with Gasteiger partial charge in [0.05, 0.1) is 27.0 Å². The van der Waals surface area contributed by atoms with Crippen molar-refractivity contribution in [3.8, 4) is 0 Å². The molecule has 23 heavy (non-hydrogen) atoms. The Morgan fingerprint density at radius 2 is 1.83 bits per heavy atom. The van der Waals surface area contributed by atoms with E-state index in [9.17, 15) is 30.1 Å². The molecule has 1 aromatic carbocycles. The molecule has 0 spiro atoms. The summed E-state index contributed by atoms with van der Waals surface area (Å²) < 4.78 is 0. The van der Waals surface area contributed by atoms with Crippen molar-refractivity contribution >= 4 is 22.9 Å². The van der Waals surface area contributed by atoms with Crippen molar-refractivity contribution in [3.05, 3.63) is 49.6 Å². The van der Waals surface area contributed by atoms with Crippen LogP contribution in [-0.2, 0) is 4.79 Å². The molecule has 0 bridgehead atoms. The summed E-state index contributed by atoms with van der Waals surface area (Å²) in [5.74, 6) is -1.28. The maximum Gasteiger partial charge on any atom is 0.336 e. The number of allylic oxidation sites excluding steroid dienone is 1. The van der Waals surface area contributed by atoms with Gasteiger partial charge in [-0.3, -0.25) is 20.2 Å². The van der Waals surface area contributed by atoms with Crippen LogP contribution in [0.4, 0.5) is 11.4 Å². The number of aliphatic carboxylic acids is 1. The third-order valence-corrected chi connectivity index (χ3v) is 3.45. The van der Waals surface area contributed by atoms with Crippen LogP contribution in [-0.4, -0.2) is 20.9 Å². The van der Waals surface area contributed by atoms with Gasteiger partial charge in [-0.1, -0.05) is 25.3 Å². The first-order valence-electron chi connectivity index (χ1n) is 7.15. The molecule has 1 rings (SSSR count). The van der Waals surface area contributed by atoms with Crippen molar-refractivity contribution in [2.45, 2.75) is 39.5 Å². The number of non-ortho nitro benzene ring substituents is 1. The second-order valence-corrected chi connectivity index (χ2v) is 5.13. The minimum atomic E-state index is -1.28. The van der Waals surface area contributed by atoms with Gasteiger partial charge in [-0.05, 0) is 25.8 Å². The van der Waals surface area contributed by atoms with Gasteiger partial charge in [-0.2, -0.15) is 0 Å². The Kier molecular flexibility index (Phi) is 6.37. The highest BCUT2D eigenvalue weighted by atomic mass is 16.6. The molecular weight excluding hydrogens is 304 g/mol. The zero-order valence-electron chi connectivity index (χ0n) is 12.9. The van der Waals surface area contributed by atoms with Crippen molar-refractivity contribution in [1.82, 2.24) is 0 Å². The van der Waals surface area contributed by atoms with Gasteiger partial charge in [0.1, 0.15) is 0 Å². The second-order valence-electron chi connectivity index (χ2n) is 5.13. The molecule has 0 aliphatic rings. The van der Waals surface area contributed by atoms with Gasteiger partial charge in [0.15, 0.2) is 0 Å². The minimum absolute atomic E-state index is 0.109. The van der Waals surface area contributed by atoms with Crippen LogP contribution in [0.1, 0.15) is 45.1 Å². The molecular formula is C15H18N2O6. The number of carboxylic acid groups (broad SMARTS) is 1. The summed E-state index contributed by atoms with van der Waals surface area (Å²) in [7, 11) is 0. The molecule has 124 valence electrons. The molecule has 0 aromatic heterocycles. The van der Waals surface area contributed by atoms with Crippen molar-refractivity contribution in [2.24, 2.45) is 0 Å². The molecule has 0 aliphatic heterocycles. The van der Waals surface area contributed by atoms with E-state index in [0.717, 1.165) is 37.5 Å². The lowest BCUT2D eigenvalue weighted by Crippen LogP contribution is -2.06. The monoisotopic (exact) mass is 322 g/mol. The number of carbonyl (C=O) groups is 1. The van der Waals surface area contributed by atoms with Gasteiger partial charge in [-0.25, -0.2) is 4.79 Å². The van der Waals surface area contributed by atoms with E-state index in [-0.39, 0.29) is 11.1 Å². The van der Waals surface area contributed by atoms with Gasteiger partial charge < -0.3 is 5.11 Å². The van der Waals surface area contributed by atoms with Crippen molar-refractivity contribution in [2.75, 3.05) is 0 Å². The molecule has 8 heteroatoms. The van der Waals surface area contributed by atoms with Crippen LogP contribution in [0.5, 0.6) is 0 Å². The second kappa shape index (κ2) is 8.02. The summed E-state index contributed by atoms with van der Waals surface area (Å²) in [4.78, 5) is 31.9. The Morgan fingerprint density at radius 3 is 2.30 bits per heavy atom. The number of nitro benzene ring substituents is 2. The average Bonchev–Trinajstić information content (AvgIpc) is 2.47. The normalized spacial score (nSPS) is 11.7. The number of benzene rings is 1. The number of unbranched alkanes of at least 4 members (excludes halogenated alkanes) is 2. The molecule has 0 radical (unpaired) electrons. The largest absolute Gasteiger partial charge is 0.478 e. The van der Waals surface area contributed by atoms with E-state index in [1.54, 1.807) is 6.92 Å². The Morgan fingerprint density at radius 1 is 1.17 bits per heavy atom. The molecule has 0 atom stereocenters. The van der Waals surface area contributed by atoms with Crippen LogP contribution in [0.3, 0.4) is 0 Å². The van der Waals surface area contributed by atoms with Crippen molar-refractivity contribution in [1.29, 1.82) is 0 Å². The van der Waals surface area contributed by atoms with Crippen LogP contribution in [0, 0.1) is 20.2 Å². The average molecular weight is 322 g/mol. The highest BCUT2D eigenvalue weighted by Crippen LogP contribution is 2.33. The van der Waals surface area contributed by atoms with E-state index < -0.39 is 27.2 Å². The van der Waals surface area contributed by atoms with E-state index in [1.807, 2.05) is 6.92 Å². The number of nitrogens with zero attached hydrogens (tertiary/aromatic N) is 2. The number of hydrogen-bond donors (Lipinski definition) is 1. The minimum Gasteiger partial charge on any atom is -0.478 e. The Balaban J connectivity index is 3.43. The molecule has 0 amide bonds. The topological polar surface area (TPSA) is 124 Å². The molecule has 0 fully saturated rings.